The Labute approximate surface area is 163 Å². The highest BCUT2D eigenvalue weighted by molar-refractivity contribution is 7.92. The Bertz CT molecular complexity index is 749. The quantitative estimate of drug-likeness (QED) is 0.698. The highest BCUT2D eigenvalue weighted by atomic mass is 32.2. The number of sulfonamides is 1. The summed E-state index contributed by atoms with van der Waals surface area (Å²) in [6.45, 7) is 9.64. The molecule has 6 nitrogen and oxygen atoms in total. The number of carbonyl (C=O) groups is 1. The van der Waals surface area contributed by atoms with E-state index in [1.54, 1.807) is 30.3 Å². The molecule has 0 spiro atoms. The summed E-state index contributed by atoms with van der Waals surface area (Å²) in [5, 5.41) is 3.01. The Balaban J connectivity index is 1.82. The van der Waals surface area contributed by atoms with E-state index in [0.717, 1.165) is 31.5 Å². The van der Waals surface area contributed by atoms with Gasteiger partial charge < -0.3 is 10.2 Å². The van der Waals surface area contributed by atoms with Crippen LogP contribution in [0.1, 0.15) is 32.8 Å². The smallest absolute Gasteiger partial charge is 0.244 e. The molecule has 1 saturated heterocycles. The number of nitrogens with one attached hydrogen (secondary N) is 2. The molecule has 1 aliphatic heterocycles. The summed E-state index contributed by atoms with van der Waals surface area (Å²) in [4.78, 5) is 14.6. The number of nitrogens with zero attached hydrogens (tertiary/aromatic N) is 1. The summed E-state index contributed by atoms with van der Waals surface area (Å²) >= 11 is 0. The first kappa shape index (κ1) is 21.4. The topological polar surface area (TPSA) is 78.5 Å². The fraction of sp³-hybridized carbons (Fsp3) is 0.550. The van der Waals surface area contributed by atoms with Gasteiger partial charge in [0.2, 0.25) is 15.9 Å². The summed E-state index contributed by atoms with van der Waals surface area (Å²) in [6.07, 6.45) is 5.62. The van der Waals surface area contributed by atoms with E-state index in [1.807, 2.05) is 6.92 Å². The van der Waals surface area contributed by atoms with Gasteiger partial charge in [0, 0.05) is 37.4 Å². The minimum absolute atomic E-state index is 0.0842. The van der Waals surface area contributed by atoms with Crippen LogP contribution >= 0.6 is 0 Å². The molecule has 3 atom stereocenters. The molecular formula is C20H31N3O3S. The van der Waals surface area contributed by atoms with Gasteiger partial charge in [0.05, 0.1) is 6.26 Å². The second-order valence-electron chi connectivity index (χ2n) is 7.90. The van der Waals surface area contributed by atoms with E-state index < -0.39 is 10.0 Å². The molecule has 3 unspecified atom stereocenters. The van der Waals surface area contributed by atoms with Crippen molar-refractivity contribution in [1.82, 2.24) is 10.2 Å². The Morgan fingerprint density at radius 1 is 1.22 bits per heavy atom. The van der Waals surface area contributed by atoms with E-state index in [9.17, 15) is 13.2 Å². The van der Waals surface area contributed by atoms with Gasteiger partial charge >= 0.3 is 0 Å². The van der Waals surface area contributed by atoms with Crippen molar-refractivity contribution in [3.8, 4) is 0 Å². The molecule has 27 heavy (non-hydrogen) atoms. The third kappa shape index (κ3) is 8.13. The van der Waals surface area contributed by atoms with Crippen LogP contribution in [0.25, 0.3) is 6.08 Å². The Kier molecular flexibility index (Phi) is 7.44. The van der Waals surface area contributed by atoms with Crippen LogP contribution in [-0.2, 0) is 14.8 Å². The highest BCUT2D eigenvalue weighted by Crippen LogP contribution is 2.20. The van der Waals surface area contributed by atoms with E-state index in [2.05, 4.69) is 28.8 Å². The van der Waals surface area contributed by atoms with E-state index in [-0.39, 0.29) is 11.9 Å². The SMILES string of the molecule is CC1CC(C)CN(CC(C)NC(=O)/C=C/c2ccc(NS(C)(=O)=O)cc2)C1. The minimum Gasteiger partial charge on any atom is -0.349 e. The molecule has 0 aromatic heterocycles. The van der Waals surface area contributed by atoms with E-state index in [4.69, 9.17) is 0 Å². The van der Waals surface area contributed by atoms with Crippen molar-refractivity contribution in [1.29, 1.82) is 0 Å². The molecule has 0 radical (unpaired) electrons. The molecule has 0 aliphatic carbocycles. The second kappa shape index (κ2) is 9.37. The van der Waals surface area contributed by atoms with Gasteiger partial charge in [0.25, 0.3) is 0 Å². The van der Waals surface area contributed by atoms with Crippen molar-refractivity contribution in [2.45, 2.75) is 33.2 Å². The van der Waals surface area contributed by atoms with Crippen LogP contribution in [0.5, 0.6) is 0 Å². The monoisotopic (exact) mass is 393 g/mol. The molecule has 1 aromatic carbocycles. The van der Waals surface area contributed by atoms with E-state index >= 15 is 0 Å². The van der Waals surface area contributed by atoms with Crippen LogP contribution in [0.2, 0.25) is 0 Å². The van der Waals surface area contributed by atoms with Gasteiger partial charge in [-0.05, 0) is 49.0 Å². The predicted octanol–water partition coefficient (Wildman–Crippen LogP) is 2.55. The Morgan fingerprint density at radius 2 is 1.81 bits per heavy atom. The summed E-state index contributed by atoms with van der Waals surface area (Å²) in [5.41, 5.74) is 1.33. The van der Waals surface area contributed by atoms with Crippen molar-refractivity contribution in [2.24, 2.45) is 11.8 Å². The lowest BCUT2D eigenvalue weighted by atomic mass is 9.92. The van der Waals surface area contributed by atoms with Gasteiger partial charge in [-0.15, -0.1) is 0 Å². The van der Waals surface area contributed by atoms with Crippen LogP contribution < -0.4 is 10.0 Å². The van der Waals surface area contributed by atoms with Gasteiger partial charge in [0.15, 0.2) is 0 Å². The third-order valence-electron chi connectivity index (χ3n) is 4.51. The number of hydrogen-bond donors (Lipinski definition) is 2. The first-order valence-corrected chi connectivity index (χ1v) is 11.3. The predicted molar refractivity (Wildman–Crippen MR) is 111 cm³/mol. The summed E-state index contributed by atoms with van der Waals surface area (Å²) in [7, 11) is -3.28. The van der Waals surface area contributed by atoms with E-state index in [0.29, 0.717) is 17.5 Å². The van der Waals surface area contributed by atoms with Gasteiger partial charge in [-0.3, -0.25) is 9.52 Å². The third-order valence-corrected chi connectivity index (χ3v) is 5.11. The second-order valence-corrected chi connectivity index (χ2v) is 9.65. The van der Waals surface area contributed by atoms with Crippen molar-refractivity contribution >= 4 is 27.7 Å². The molecule has 2 rings (SSSR count). The van der Waals surface area contributed by atoms with Crippen LogP contribution in [0.3, 0.4) is 0 Å². The zero-order valence-electron chi connectivity index (χ0n) is 16.6. The first-order chi connectivity index (χ1) is 12.6. The number of anilines is 1. The number of rotatable bonds is 7. The number of carbonyl (C=O) groups excluding carboxylic acids is 1. The fourth-order valence-corrected chi connectivity index (χ4v) is 4.28. The highest BCUT2D eigenvalue weighted by Gasteiger charge is 2.23. The molecule has 1 amide bonds. The number of piperidine rings is 1. The average molecular weight is 394 g/mol. The molecule has 1 heterocycles. The molecule has 1 aromatic rings. The lowest BCUT2D eigenvalue weighted by molar-refractivity contribution is -0.117. The van der Waals surface area contributed by atoms with Gasteiger partial charge in [0.1, 0.15) is 0 Å². The standard InChI is InChI=1S/C20H31N3O3S/c1-15-11-16(2)13-23(12-15)14-17(3)21-20(24)10-7-18-5-8-19(9-6-18)22-27(4,25)26/h5-10,15-17,22H,11-14H2,1-4H3,(H,21,24)/b10-7+. The molecule has 150 valence electrons. The summed E-state index contributed by atoms with van der Waals surface area (Å²) < 4.78 is 24.8. The van der Waals surface area contributed by atoms with Crippen LogP contribution in [-0.4, -0.2) is 51.2 Å². The van der Waals surface area contributed by atoms with Crippen LogP contribution in [0.15, 0.2) is 30.3 Å². The fourth-order valence-electron chi connectivity index (χ4n) is 3.71. The minimum atomic E-state index is -3.28. The molecule has 1 aliphatic rings. The van der Waals surface area contributed by atoms with Gasteiger partial charge in [-0.2, -0.15) is 0 Å². The Morgan fingerprint density at radius 3 is 2.37 bits per heavy atom. The molecule has 0 bridgehead atoms. The van der Waals surface area contributed by atoms with E-state index in [1.165, 1.54) is 12.5 Å². The Hall–Kier alpha value is -1.86. The summed E-state index contributed by atoms with van der Waals surface area (Å²) in [5.74, 6) is 1.28. The number of hydrogen-bond acceptors (Lipinski definition) is 4. The maximum Gasteiger partial charge on any atom is 0.244 e. The van der Waals surface area contributed by atoms with Crippen molar-refractivity contribution in [2.75, 3.05) is 30.6 Å². The van der Waals surface area contributed by atoms with Crippen molar-refractivity contribution in [3.63, 3.8) is 0 Å². The summed E-state index contributed by atoms with van der Waals surface area (Å²) in [6, 6.07) is 6.94. The number of likely N-dealkylation sites (tertiary alicyclic amines) is 1. The zero-order valence-corrected chi connectivity index (χ0v) is 17.4. The van der Waals surface area contributed by atoms with Gasteiger partial charge in [-0.25, -0.2) is 8.42 Å². The molecule has 2 N–H and O–H groups in total. The lowest BCUT2D eigenvalue weighted by Gasteiger charge is -2.36. The average Bonchev–Trinajstić information content (AvgIpc) is 2.51. The van der Waals surface area contributed by atoms with Crippen molar-refractivity contribution < 1.29 is 13.2 Å². The van der Waals surface area contributed by atoms with Gasteiger partial charge in [-0.1, -0.05) is 26.0 Å². The molecular weight excluding hydrogens is 362 g/mol. The molecule has 7 heteroatoms. The number of amides is 1. The largest absolute Gasteiger partial charge is 0.349 e. The zero-order chi connectivity index (χ0) is 20.0. The number of benzene rings is 1. The maximum atomic E-state index is 12.1. The molecule has 1 fully saturated rings. The van der Waals surface area contributed by atoms with Crippen LogP contribution in [0.4, 0.5) is 5.69 Å². The normalized spacial score (nSPS) is 22.5. The maximum absolute atomic E-state index is 12.1. The van der Waals surface area contributed by atoms with Crippen LogP contribution in [0, 0.1) is 11.8 Å². The molecule has 0 saturated carbocycles. The first-order valence-electron chi connectivity index (χ1n) is 9.39. The van der Waals surface area contributed by atoms with Crippen molar-refractivity contribution in [3.05, 3.63) is 35.9 Å². The lowest BCUT2D eigenvalue weighted by Crippen LogP contribution is -2.46.